The van der Waals surface area contributed by atoms with Gasteiger partial charge in [0.05, 0.1) is 18.7 Å². The smallest absolute Gasteiger partial charge is 0.309 e. The van der Waals surface area contributed by atoms with Crippen molar-refractivity contribution >= 4 is 27.6 Å². The maximum Gasteiger partial charge on any atom is 0.309 e. The molecule has 1 unspecified atom stereocenters. The molecule has 1 aliphatic rings. The quantitative estimate of drug-likeness (QED) is 0.630. The van der Waals surface area contributed by atoms with E-state index < -0.39 is 33.9 Å². The largest absolute Gasteiger partial charge is 0.495 e. The molecule has 1 amide bonds. The van der Waals surface area contributed by atoms with Gasteiger partial charge in [-0.15, -0.1) is 0 Å². The molecule has 10 heteroatoms. The van der Waals surface area contributed by atoms with Gasteiger partial charge in [0.15, 0.2) is 6.10 Å². The molecule has 1 saturated heterocycles. The van der Waals surface area contributed by atoms with Crippen molar-refractivity contribution in [1.29, 1.82) is 0 Å². The third-order valence-corrected chi connectivity index (χ3v) is 7.22. The third-order valence-electron chi connectivity index (χ3n) is 5.33. The van der Waals surface area contributed by atoms with Crippen molar-refractivity contribution in [2.24, 2.45) is 5.92 Å². The Hall–Kier alpha value is -2.98. The van der Waals surface area contributed by atoms with Gasteiger partial charge in [0.25, 0.3) is 5.91 Å². The number of esters is 1. The minimum atomic E-state index is -3.65. The summed E-state index contributed by atoms with van der Waals surface area (Å²) in [4.78, 5) is 29.1. The van der Waals surface area contributed by atoms with Crippen LogP contribution in [0.5, 0.6) is 5.75 Å². The van der Waals surface area contributed by atoms with Crippen LogP contribution in [0, 0.1) is 12.8 Å². The molecule has 0 spiro atoms. The van der Waals surface area contributed by atoms with E-state index >= 15 is 0 Å². The number of aromatic nitrogens is 1. The van der Waals surface area contributed by atoms with E-state index in [4.69, 9.17) is 9.47 Å². The number of rotatable bonds is 7. The Morgan fingerprint density at radius 1 is 1.22 bits per heavy atom. The lowest BCUT2D eigenvalue weighted by Crippen LogP contribution is -2.41. The zero-order chi connectivity index (χ0) is 23.3. The van der Waals surface area contributed by atoms with E-state index in [-0.39, 0.29) is 18.0 Å². The molecule has 1 atom stereocenters. The number of benzene rings is 1. The molecule has 1 aromatic heterocycles. The Morgan fingerprint density at radius 3 is 2.56 bits per heavy atom. The number of anilines is 1. The van der Waals surface area contributed by atoms with Gasteiger partial charge in [-0.2, -0.15) is 4.31 Å². The summed E-state index contributed by atoms with van der Waals surface area (Å²) >= 11 is 0. The van der Waals surface area contributed by atoms with E-state index in [1.165, 1.54) is 36.8 Å². The van der Waals surface area contributed by atoms with Crippen molar-refractivity contribution < 1.29 is 27.5 Å². The number of carbonyl (C=O) groups excluding carboxylic acids is 2. The van der Waals surface area contributed by atoms with E-state index in [1.807, 2.05) is 13.0 Å². The van der Waals surface area contributed by atoms with Crippen LogP contribution < -0.4 is 10.1 Å². The first-order valence-corrected chi connectivity index (χ1v) is 11.7. The molecule has 32 heavy (non-hydrogen) atoms. The number of methoxy groups -OCH3 is 1. The molecule has 3 rings (SSSR count). The highest BCUT2D eigenvalue weighted by atomic mass is 32.2. The van der Waals surface area contributed by atoms with Crippen molar-refractivity contribution in [3.8, 4) is 5.75 Å². The Morgan fingerprint density at radius 2 is 1.94 bits per heavy atom. The number of sulfonamides is 1. The number of nitrogens with zero attached hydrogens (tertiary/aromatic N) is 2. The minimum Gasteiger partial charge on any atom is -0.495 e. The fourth-order valence-electron chi connectivity index (χ4n) is 3.46. The number of pyridine rings is 1. The number of hydrogen-bond donors (Lipinski definition) is 1. The van der Waals surface area contributed by atoms with Gasteiger partial charge in [-0.05, 0) is 56.5 Å². The monoisotopic (exact) mass is 461 g/mol. The Bertz CT molecular complexity index is 1070. The second-order valence-electron chi connectivity index (χ2n) is 7.64. The number of nitrogens with one attached hydrogen (secondary N) is 1. The Balaban J connectivity index is 1.54. The normalized spacial score (nSPS) is 16.2. The SMILES string of the molecule is COc1ccc(C)cc1NC(=O)C(C)OC(=O)C1CCN(S(=O)(=O)c2cccnc2)CC1. The molecular formula is C22H27N3O6S. The van der Waals surface area contributed by atoms with Crippen molar-refractivity contribution in [1.82, 2.24) is 9.29 Å². The molecule has 1 aliphatic heterocycles. The van der Waals surface area contributed by atoms with Crippen LogP contribution in [0.15, 0.2) is 47.6 Å². The topological polar surface area (TPSA) is 115 Å². The number of ether oxygens (including phenoxy) is 2. The molecule has 1 aromatic carbocycles. The molecule has 2 heterocycles. The first-order chi connectivity index (χ1) is 15.2. The second kappa shape index (κ2) is 10.1. The summed E-state index contributed by atoms with van der Waals surface area (Å²) in [5.74, 6) is -0.954. The van der Waals surface area contributed by atoms with Gasteiger partial charge in [-0.3, -0.25) is 14.6 Å². The van der Waals surface area contributed by atoms with E-state index in [0.29, 0.717) is 24.3 Å². The van der Waals surface area contributed by atoms with Crippen molar-refractivity contribution in [2.75, 3.05) is 25.5 Å². The summed E-state index contributed by atoms with van der Waals surface area (Å²) in [6.07, 6.45) is 2.44. The van der Waals surface area contributed by atoms with Crippen molar-refractivity contribution in [3.05, 3.63) is 48.3 Å². The van der Waals surface area contributed by atoms with Gasteiger partial charge in [0, 0.05) is 25.5 Å². The molecule has 0 aliphatic carbocycles. The molecular weight excluding hydrogens is 434 g/mol. The summed E-state index contributed by atoms with van der Waals surface area (Å²) in [6.45, 7) is 3.77. The first-order valence-electron chi connectivity index (χ1n) is 10.3. The number of aryl methyl sites for hydroxylation is 1. The molecule has 0 radical (unpaired) electrons. The molecule has 1 fully saturated rings. The maximum absolute atomic E-state index is 12.7. The highest BCUT2D eigenvalue weighted by Gasteiger charge is 2.34. The molecule has 1 N–H and O–H groups in total. The van der Waals surface area contributed by atoms with Crippen LogP contribution in [0.4, 0.5) is 5.69 Å². The van der Waals surface area contributed by atoms with Crippen LogP contribution in [-0.4, -0.2) is 55.9 Å². The average molecular weight is 462 g/mol. The molecule has 0 bridgehead atoms. The van der Waals surface area contributed by atoms with Gasteiger partial charge in [0.2, 0.25) is 10.0 Å². The predicted molar refractivity (Wildman–Crippen MR) is 118 cm³/mol. The average Bonchev–Trinajstić information content (AvgIpc) is 2.79. The standard InChI is InChI=1S/C22H27N3O6S/c1-15-6-7-20(30-3)19(13-15)24-21(26)16(2)31-22(27)17-8-11-25(12-9-17)32(28,29)18-5-4-10-23-14-18/h4-7,10,13-14,16-17H,8-9,11-12H2,1-3H3,(H,24,26). The number of hydrogen-bond acceptors (Lipinski definition) is 7. The van der Waals surface area contributed by atoms with Crippen LogP contribution >= 0.6 is 0 Å². The zero-order valence-corrected chi connectivity index (χ0v) is 19.1. The van der Waals surface area contributed by atoms with Gasteiger partial charge in [-0.1, -0.05) is 6.07 Å². The van der Waals surface area contributed by atoms with Crippen LogP contribution in [0.2, 0.25) is 0 Å². The Kier molecular flexibility index (Phi) is 7.47. The molecule has 172 valence electrons. The van der Waals surface area contributed by atoms with E-state index in [0.717, 1.165) is 5.56 Å². The fraction of sp³-hybridized carbons (Fsp3) is 0.409. The van der Waals surface area contributed by atoms with Crippen LogP contribution in [0.1, 0.15) is 25.3 Å². The summed E-state index contributed by atoms with van der Waals surface area (Å²) in [6, 6.07) is 8.43. The lowest BCUT2D eigenvalue weighted by atomic mass is 9.98. The molecule has 9 nitrogen and oxygen atoms in total. The van der Waals surface area contributed by atoms with E-state index in [2.05, 4.69) is 10.3 Å². The summed E-state index contributed by atoms with van der Waals surface area (Å²) in [5.41, 5.74) is 1.44. The van der Waals surface area contributed by atoms with Crippen LogP contribution in [0.25, 0.3) is 0 Å². The summed E-state index contributed by atoms with van der Waals surface area (Å²) < 4.78 is 37.3. The number of amides is 1. The second-order valence-corrected chi connectivity index (χ2v) is 9.58. The third kappa shape index (κ3) is 5.43. The summed E-state index contributed by atoms with van der Waals surface area (Å²) in [7, 11) is -2.15. The predicted octanol–water partition coefficient (Wildman–Crippen LogP) is 2.37. The van der Waals surface area contributed by atoms with Gasteiger partial charge in [-0.25, -0.2) is 8.42 Å². The van der Waals surface area contributed by atoms with Gasteiger partial charge >= 0.3 is 5.97 Å². The minimum absolute atomic E-state index is 0.123. The Labute approximate surface area is 187 Å². The fourth-order valence-corrected chi connectivity index (χ4v) is 4.89. The highest BCUT2D eigenvalue weighted by Crippen LogP contribution is 2.27. The molecule has 2 aromatic rings. The highest BCUT2D eigenvalue weighted by molar-refractivity contribution is 7.89. The zero-order valence-electron chi connectivity index (χ0n) is 18.3. The number of carbonyl (C=O) groups is 2. The maximum atomic E-state index is 12.7. The van der Waals surface area contributed by atoms with Crippen molar-refractivity contribution in [3.63, 3.8) is 0 Å². The van der Waals surface area contributed by atoms with Crippen molar-refractivity contribution in [2.45, 2.75) is 37.7 Å². The molecule has 0 saturated carbocycles. The van der Waals surface area contributed by atoms with Crippen LogP contribution in [0.3, 0.4) is 0 Å². The lowest BCUT2D eigenvalue weighted by Gasteiger charge is -2.30. The number of piperidine rings is 1. The first kappa shape index (κ1) is 23.7. The van der Waals surface area contributed by atoms with Crippen LogP contribution in [-0.2, 0) is 24.3 Å². The summed E-state index contributed by atoms with van der Waals surface area (Å²) in [5, 5.41) is 2.72. The lowest BCUT2D eigenvalue weighted by molar-refractivity contribution is -0.158. The van der Waals surface area contributed by atoms with E-state index in [9.17, 15) is 18.0 Å². The van der Waals surface area contributed by atoms with Gasteiger partial charge in [0.1, 0.15) is 10.6 Å². The van der Waals surface area contributed by atoms with Gasteiger partial charge < -0.3 is 14.8 Å². The van der Waals surface area contributed by atoms with E-state index in [1.54, 1.807) is 18.2 Å².